The molecule has 2 aromatic carbocycles. The van der Waals surface area contributed by atoms with E-state index < -0.39 is 0 Å². The molecule has 3 heterocycles. The lowest BCUT2D eigenvalue weighted by molar-refractivity contribution is 0.0641. The Hall–Kier alpha value is -3.52. The molecule has 4 aromatic rings. The van der Waals surface area contributed by atoms with Gasteiger partial charge in [-0.05, 0) is 35.2 Å². The molecule has 0 unspecified atom stereocenters. The zero-order valence-electron chi connectivity index (χ0n) is 19.0. The first-order valence-corrected chi connectivity index (χ1v) is 11.6. The third kappa shape index (κ3) is 3.70. The van der Waals surface area contributed by atoms with Gasteiger partial charge < -0.3 is 4.90 Å². The van der Waals surface area contributed by atoms with Crippen molar-refractivity contribution < 1.29 is 14.4 Å². The number of hydrogen-bond acceptors (Lipinski definition) is 5. The van der Waals surface area contributed by atoms with Crippen LogP contribution in [0.2, 0.25) is 0 Å². The van der Waals surface area contributed by atoms with E-state index in [0.717, 1.165) is 21.6 Å². The summed E-state index contributed by atoms with van der Waals surface area (Å²) in [4.78, 5) is 47.4. The van der Waals surface area contributed by atoms with Gasteiger partial charge in [0.05, 0.1) is 28.7 Å². The topological polar surface area (TPSA) is 75.0 Å². The highest BCUT2D eigenvalue weighted by atomic mass is 32.1. The predicted molar refractivity (Wildman–Crippen MR) is 128 cm³/mol. The summed E-state index contributed by atoms with van der Waals surface area (Å²) in [5.41, 5.74) is 3.35. The van der Waals surface area contributed by atoms with Crippen molar-refractivity contribution in [3.8, 4) is 0 Å². The Bertz CT molecular complexity index is 1410. The van der Waals surface area contributed by atoms with Gasteiger partial charge in [0.15, 0.2) is 4.96 Å². The van der Waals surface area contributed by atoms with Crippen molar-refractivity contribution in [3.63, 3.8) is 0 Å². The monoisotopic (exact) mass is 460 g/mol. The van der Waals surface area contributed by atoms with Gasteiger partial charge in [0, 0.05) is 19.8 Å². The number of fused-ring (bicyclic) bond motifs is 4. The fourth-order valence-corrected chi connectivity index (χ4v) is 5.28. The second-order valence-electron chi connectivity index (χ2n) is 9.65. The van der Waals surface area contributed by atoms with Gasteiger partial charge in [0.2, 0.25) is 0 Å². The van der Waals surface area contributed by atoms with Crippen molar-refractivity contribution in [3.05, 3.63) is 70.2 Å². The Morgan fingerprint density at radius 2 is 1.73 bits per heavy atom. The van der Waals surface area contributed by atoms with Gasteiger partial charge >= 0.3 is 0 Å². The average molecular weight is 461 g/mol. The number of benzene rings is 2. The van der Waals surface area contributed by atoms with Crippen molar-refractivity contribution in [1.29, 1.82) is 0 Å². The van der Waals surface area contributed by atoms with Crippen LogP contribution in [0.1, 0.15) is 56.7 Å². The number of carbonyl (C=O) groups is 3. The number of imidazole rings is 1. The molecule has 168 valence electrons. The first kappa shape index (κ1) is 21.3. The SMILES string of the molecule is CN(CC(C)(C)C)C(=O)c1cn2c(nc3ccc(CN4C(=O)c5ccccc5C4=O)cc32)s1. The fourth-order valence-electron chi connectivity index (χ4n) is 4.29. The second-order valence-corrected chi connectivity index (χ2v) is 10.7. The summed E-state index contributed by atoms with van der Waals surface area (Å²) >= 11 is 1.36. The molecule has 1 aliphatic heterocycles. The quantitative estimate of drug-likeness (QED) is 0.421. The van der Waals surface area contributed by atoms with Crippen LogP contribution < -0.4 is 0 Å². The molecular weight excluding hydrogens is 436 g/mol. The van der Waals surface area contributed by atoms with Gasteiger partial charge in [-0.25, -0.2) is 4.98 Å². The van der Waals surface area contributed by atoms with E-state index in [2.05, 4.69) is 25.8 Å². The summed E-state index contributed by atoms with van der Waals surface area (Å²) in [6.45, 7) is 7.13. The molecule has 5 rings (SSSR count). The van der Waals surface area contributed by atoms with Crippen LogP contribution in [0, 0.1) is 5.41 Å². The number of carbonyl (C=O) groups excluding carboxylic acids is 3. The summed E-state index contributed by atoms with van der Waals surface area (Å²) in [5, 5.41) is 0. The van der Waals surface area contributed by atoms with E-state index in [1.54, 1.807) is 29.2 Å². The van der Waals surface area contributed by atoms with Crippen molar-refractivity contribution in [1.82, 2.24) is 19.2 Å². The molecule has 0 saturated heterocycles. The Labute approximate surface area is 195 Å². The van der Waals surface area contributed by atoms with Crippen molar-refractivity contribution >= 4 is 45.1 Å². The normalized spacial score (nSPS) is 13.9. The van der Waals surface area contributed by atoms with Gasteiger partial charge in [-0.2, -0.15) is 0 Å². The molecule has 7 nitrogen and oxygen atoms in total. The predicted octanol–water partition coefficient (Wildman–Crippen LogP) is 4.46. The summed E-state index contributed by atoms with van der Waals surface area (Å²) < 4.78 is 1.91. The summed E-state index contributed by atoms with van der Waals surface area (Å²) in [6, 6.07) is 12.6. The van der Waals surface area contributed by atoms with Gasteiger partial charge in [-0.1, -0.05) is 50.3 Å². The molecule has 0 bridgehead atoms. The lowest BCUT2D eigenvalue weighted by Gasteiger charge is -2.26. The van der Waals surface area contributed by atoms with Crippen molar-refractivity contribution in [2.75, 3.05) is 13.6 Å². The standard InChI is InChI=1S/C25H24N4O3S/c1-25(2,3)14-27(4)23(32)20-13-28-19-11-15(9-10-18(19)26-24(28)33-20)12-29-21(30)16-7-5-6-8-17(16)22(29)31/h5-11,13H,12,14H2,1-4H3. The van der Waals surface area contributed by atoms with Crippen LogP contribution in [-0.4, -0.2) is 50.5 Å². The third-order valence-corrected chi connectivity index (χ3v) is 6.63. The Morgan fingerprint density at radius 3 is 2.36 bits per heavy atom. The van der Waals surface area contributed by atoms with Crippen LogP contribution in [0.15, 0.2) is 48.7 Å². The lowest BCUT2D eigenvalue weighted by atomic mass is 9.96. The minimum absolute atomic E-state index is 0.00746. The summed E-state index contributed by atoms with van der Waals surface area (Å²) in [5.74, 6) is -0.588. The molecule has 0 N–H and O–H groups in total. The Kier molecular flexibility index (Phi) is 4.86. The van der Waals surface area contributed by atoms with Gasteiger partial charge in [0.25, 0.3) is 17.7 Å². The Balaban J connectivity index is 1.44. The highest BCUT2D eigenvalue weighted by Crippen LogP contribution is 2.28. The zero-order valence-corrected chi connectivity index (χ0v) is 19.8. The Morgan fingerprint density at radius 1 is 1.06 bits per heavy atom. The number of rotatable bonds is 4. The number of amides is 3. The molecule has 0 fully saturated rings. The van der Waals surface area contributed by atoms with Gasteiger partial charge in [0.1, 0.15) is 4.88 Å². The number of imide groups is 1. The van der Waals surface area contributed by atoms with E-state index >= 15 is 0 Å². The molecule has 0 aliphatic carbocycles. The maximum absolute atomic E-state index is 12.9. The first-order valence-electron chi connectivity index (χ1n) is 10.7. The molecule has 1 aliphatic rings. The van der Waals surface area contributed by atoms with Crippen LogP contribution in [-0.2, 0) is 6.54 Å². The molecule has 3 amide bonds. The largest absolute Gasteiger partial charge is 0.340 e. The van der Waals surface area contributed by atoms with Gasteiger partial charge in [-0.15, -0.1) is 0 Å². The summed E-state index contributed by atoms with van der Waals surface area (Å²) in [7, 11) is 1.81. The van der Waals surface area contributed by atoms with E-state index in [0.29, 0.717) is 22.5 Å². The van der Waals surface area contributed by atoms with Crippen molar-refractivity contribution in [2.24, 2.45) is 5.41 Å². The van der Waals surface area contributed by atoms with Crippen molar-refractivity contribution in [2.45, 2.75) is 27.3 Å². The van der Waals surface area contributed by atoms with Crippen LogP contribution in [0.5, 0.6) is 0 Å². The minimum atomic E-state index is -0.278. The molecule has 0 atom stereocenters. The molecular formula is C25H24N4O3S. The number of aromatic nitrogens is 2. The van der Waals surface area contributed by atoms with E-state index in [9.17, 15) is 14.4 Å². The highest BCUT2D eigenvalue weighted by Gasteiger charge is 2.35. The fraction of sp³-hybridized carbons (Fsp3) is 0.280. The maximum Gasteiger partial charge on any atom is 0.265 e. The van der Waals surface area contributed by atoms with E-state index in [1.165, 1.54) is 16.2 Å². The summed E-state index contributed by atoms with van der Waals surface area (Å²) in [6.07, 6.45) is 1.82. The van der Waals surface area contributed by atoms with E-state index in [1.807, 2.05) is 35.8 Å². The average Bonchev–Trinajstić information content (AvgIpc) is 3.39. The van der Waals surface area contributed by atoms with Crippen LogP contribution in [0.3, 0.4) is 0 Å². The van der Waals surface area contributed by atoms with E-state index in [-0.39, 0.29) is 29.7 Å². The van der Waals surface area contributed by atoms with Crippen LogP contribution in [0.25, 0.3) is 16.0 Å². The molecule has 0 saturated carbocycles. The third-order valence-electron chi connectivity index (χ3n) is 5.66. The van der Waals surface area contributed by atoms with Gasteiger partial charge in [-0.3, -0.25) is 23.7 Å². The highest BCUT2D eigenvalue weighted by molar-refractivity contribution is 7.18. The molecule has 2 aromatic heterocycles. The first-order chi connectivity index (χ1) is 15.6. The molecule has 0 radical (unpaired) electrons. The van der Waals surface area contributed by atoms with Crippen LogP contribution in [0.4, 0.5) is 0 Å². The smallest absolute Gasteiger partial charge is 0.265 e. The van der Waals surface area contributed by atoms with Crippen LogP contribution >= 0.6 is 11.3 Å². The van der Waals surface area contributed by atoms with E-state index in [4.69, 9.17) is 0 Å². The lowest BCUT2D eigenvalue weighted by Crippen LogP contribution is -2.34. The number of hydrogen-bond donors (Lipinski definition) is 0. The minimum Gasteiger partial charge on any atom is -0.340 e. The molecule has 33 heavy (non-hydrogen) atoms. The molecule has 0 spiro atoms. The number of nitrogens with zero attached hydrogens (tertiary/aromatic N) is 4. The maximum atomic E-state index is 12.9. The number of thiazole rings is 1. The zero-order chi connectivity index (χ0) is 23.5. The molecule has 8 heteroatoms. The second kappa shape index (κ2) is 7.52.